The van der Waals surface area contributed by atoms with E-state index < -0.39 is 58.7 Å². The normalized spacial score (nSPS) is 8.81. The number of hydrogen-bond donors (Lipinski definition) is 6. The molecule has 186 valence electrons. The molecule has 32 heteroatoms. The Kier molecular flexibility index (Phi) is 50.4. The van der Waals surface area contributed by atoms with Crippen LogP contribution in [0.4, 0.5) is 0 Å². The van der Waals surface area contributed by atoms with Crippen molar-refractivity contribution in [3.63, 3.8) is 0 Å². The molecule has 0 unspecified atom stereocenters. The van der Waals surface area contributed by atoms with E-state index >= 15 is 0 Å². The maximum atomic E-state index is 8.97. The average molecular weight is 624 g/mol. The third-order valence-electron chi connectivity index (χ3n) is 0.274. The van der Waals surface area contributed by atoms with Gasteiger partial charge in [-0.25, -0.2) is 41.0 Å². The van der Waals surface area contributed by atoms with Crippen LogP contribution in [0.15, 0.2) is 0 Å². The van der Waals surface area contributed by atoms with Gasteiger partial charge in [0.2, 0.25) is 31.2 Å². The Morgan fingerprint density at radius 3 is 0.531 bits per heavy atom. The van der Waals surface area contributed by atoms with E-state index in [0.717, 1.165) is 0 Å². The van der Waals surface area contributed by atoms with Crippen LogP contribution in [0.3, 0.4) is 0 Å². The van der Waals surface area contributed by atoms with Crippen LogP contribution < -0.4 is 14.4 Å². The van der Waals surface area contributed by atoms with Crippen molar-refractivity contribution in [2.75, 3.05) is 0 Å². The van der Waals surface area contributed by atoms with Crippen molar-refractivity contribution in [1.82, 2.24) is 0 Å². The molecule has 0 atom stereocenters. The van der Waals surface area contributed by atoms with E-state index in [2.05, 4.69) is 13.0 Å². The van der Waals surface area contributed by atoms with Crippen molar-refractivity contribution in [2.24, 2.45) is 0 Å². The van der Waals surface area contributed by atoms with Gasteiger partial charge in [0.05, 0.1) is 0 Å². The molecule has 0 spiro atoms. The minimum atomic E-state index is -4.86. The molecule has 24 nitrogen and oxygen atoms in total. The van der Waals surface area contributed by atoms with Gasteiger partial charge in [-0.1, -0.05) is 0 Å². The first kappa shape index (κ1) is 53.0. The molecule has 0 amide bonds. The van der Waals surface area contributed by atoms with Gasteiger partial charge in [0.25, 0.3) is 0 Å². The largest absolute Gasteiger partial charge is 3.00 e. The maximum Gasteiger partial charge on any atom is 3.00 e. The van der Waals surface area contributed by atoms with Crippen LogP contribution in [-0.2, 0) is 57.6 Å². The van der Waals surface area contributed by atoms with E-state index in [1.54, 1.807) is 0 Å². The van der Waals surface area contributed by atoms with Crippen molar-refractivity contribution in [2.45, 2.75) is 0 Å². The summed E-state index contributed by atoms with van der Waals surface area (Å²) in [4.78, 5) is 47.0. The SMILES string of the molecule is O=S(=O)([O-])OO.O=S(=O)([O-])OO.O=S(=O)([O-])OO.O=[Si]([O-])O.O=[Si]([O-])O.O=[Si]([O-])O.[Al+3].[Al+3]. The summed E-state index contributed by atoms with van der Waals surface area (Å²) in [6, 6.07) is 0. The summed E-state index contributed by atoms with van der Waals surface area (Å²) in [5.74, 6) is 0. The molecule has 0 heterocycles. The van der Waals surface area contributed by atoms with Crippen LogP contribution in [0.2, 0.25) is 0 Å². The monoisotopic (exact) mass is 624 g/mol. The van der Waals surface area contributed by atoms with Gasteiger partial charge in [0, 0.05) is 0 Å². The minimum Gasteiger partial charge on any atom is -0.724 e. The van der Waals surface area contributed by atoms with Gasteiger partial charge in [-0.2, -0.15) is 0 Å². The molecule has 0 bridgehead atoms. The van der Waals surface area contributed by atoms with Crippen LogP contribution in [0.1, 0.15) is 0 Å². The summed E-state index contributed by atoms with van der Waals surface area (Å²) in [5.41, 5.74) is 0. The smallest absolute Gasteiger partial charge is 0.724 e. The molecule has 0 rings (SSSR count). The molecule has 0 aromatic carbocycles. The predicted octanol–water partition coefficient (Wildman–Crippen LogP) is -10.7. The minimum absolute atomic E-state index is 0. The molecule has 32 heavy (non-hydrogen) atoms. The van der Waals surface area contributed by atoms with Crippen LogP contribution >= 0.6 is 0 Å². The fourth-order valence-corrected chi connectivity index (χ4v) is 0. The third kappa shape index (κ3) is 336. The first-order valence-electron chi connectivity index (χ1n) is 4.44. The zero-order chi connectivity index (χ0) is 26.4. The predicted molar refractivity (Wildman–Crippen MR) is 77.7 cm³/mol. The van der Waals surface area contributed by atoms with Gasteiger partial charge in [-0.3, -0.25) is 0 Å². The van der Waals surface area contributed by atoms with Crippen LogP contribution in [0.5, 0.6) is 0 Å². The van der Waals surface area contributed by atoms with E-state index in [-0.39, 0.29) is 34.7 Å². The molecular formula is H6Al2O24S3Si3. The molecule has 0 aliphatic heterocycles. The molecule has 0 aromatic rings. The number of rotatable bonds is 3. The van der Waals surface area contributed by atoms with E-state index in [1.807, 2.05) is 0 Å². The fraction of sp³-hybridized carbons (Fsp3) is 0. The van der Waals surface area contributed by atoms with Crippen LogP contribution in [-0.4, -0.2) is 131 Å². The summed E-state index contributed by atoms with van der Waals surface area (Å²) < 4.78 is 114. The summed E-state index contributed by atoms with van der Waals surface area (Å²) in [6.45, 7) is 0. The Labute approximate surface area is 202 Å². The summed E-state index contributed by atoms with van der Waals surface area (Å²) in [7, 11) is -24.7. The molecule has 0 aromatic heterocycles. The Balaban J connectivity index is -0.0000000359. The van der Waals surface area contributed by atoms with Gasteiger partial charge in [0.15, 0.2) is 0 Å². The second-order valence-corrected chi connectivity index (χ2v) is 6.74. The van der Waals surface area contributed by atoms with Gasteiger partial charge < -0.3 is 55.8 Å². The van der Waals surface area contributed by atoms with Gasteiger partial charge in [-0.15, -0.1) is 13.0 Å². The summed E-state index contributed by atoms with van der Waals surface area (Å²) in [5, 5.41) is 21.0. The van der Waals surface area contributed by atoms with Crippen molar-refractivity contribution >= 4 is 93.4 Å². The molecule has 0 aliphatic rings. The molecule has 0 saturated heterocycles. The molecule has 6 N–H and O–H groups in total. The van der Waals surface area contributed by atoms with E-state index in [9.17, 15) is 0 Å². The fourth-order valence-electron chi connectivity index (χ4n) is 0. The first-order chi connectivity index (χ1) is 12.9. The van der Waals surface area contributed by atoms with E-state index in [0.29, 0.717) is 0 Å². The van der Waals surface area contributed by atoms with E-state index in [4.69, 9.17) is 96.8 Å². The molecular weight excluding hydrogens is 618 g/mol. The third-order valence-corrected chi connectivity index (χ3v) is 0.822. The molecule has 0 radical (unpaired) electrons. The summed E-state index contributed by atoms with van der Waals surface area (Å²) in [6.07, 6.45) is 0. The van der Waals surface area contributed by atoms with Gasteiger partial charge in [-0.05, 0) is 0 Å². The Hall–Kier alpha value is -0.594. The van der Waals surface area contributed by atoms with Crippen molar-refractivity contribution < 1.29 is 110 Å². The van der Waals surface area contributed by atoms with Gasteiger partial charge >= 0.3 is 62.2 Å². The maximum absolute atomic E-state index is 8.97. The Morgan fingerprint density at radius 1 is 0.500 bits per heavy atom. The zero-order valence-electron chi connectivity index (χ0n) is 13.9. The second-order valence-electron chi connectivity index (χ2n) is 2.25. The van der Waals surface area contributed by atoms with Crippen LogP contribution in [0.25, 0.3) is 0 Å². The first-order valence-corrected chi connectivity index (χ1v) is 12.2. The average Bonchev–Trinajstić information content (AvgIpc) is 2.44. The topological polar surface area (TPSA) is 441 Å². The zero-order valence-corrected chi connectivity index (χ0v) is 21.7. The molecule has 0 aliphatic carbocycles. The van der Waals surface area contributed by atoms with Gasteiger partial charge in [0.1, 0.15) is 0 Å². The second kappa shape index (κ2) is 30.4. The van der Waals surface area contributed by atoms with Crippen molar-refractivity contribution in [3.8, 4) is 0 Å². The number of hydrogen-bond acceptors (Lipinski definition) is 21. The Bertz CT molecular complexity index is 630. The summed E-state index contributed by atoms with van der Waals surface area (Å²) >= 11 is 0. The quantitative estimate of drug-likeness (QED) is 0.0557. The molecule has 0 saturated carbocycles. The van der Waals surface area contributed by atoms with Crippen molar-refractivity contribution in [3.05, 3.63) is 0 Å². The van der Waals surface area contributed by atoms with E-state index in [1.165, 1.54) is 0 Å². The van der Waals surface area contributed by atoms with Crippen LogP contribution in [0, 0.1) is 0 Å². The Morgan fingerprint density at radius 2 is 0.531 bits per heavy atom. The van der Waals surface area contributed by atoms with Crippen molar-refractivity contribution in [1.29, 1.82) is 0 Å². The standard InChI is InChI=1S/2Al.3H2O5S.3HO3Si/c;;3*1-5-6(2,3)4;3*1-4(2)3/h;;3*1H,(H,2,3,4);3*1H/q2*+3;;;;3*-1/p-3. The molecule has 0 fully saturated rings.